The highest BCUT2D eigenvalue weighted by Crippen LogP contribution is 2.38. The van der Waals surface area contributed by atoms with Gasteiger partial charge in [-0.05, 0) is 44.6 Å². The van der Waals surface area contributed by atoms with E-state index in [1.807, 2.05) is 25.1 Å². The molecule has 2 atom stereocenters. The predicted octanol–water partition coefficient (Wildman–Crippen LogP) is 2.67. The van der Waals surface area contributed by atoms with Crippen LogP contribution in [0.5, 0.6) is 0 Å². The van der Waals surface area contributed by atoms with Crippen molar-refractivity contribution in [3.63, 3.8) is 0 Å². The number of rotatable bonds is 5. The van der Waals surface area contributed by atoms with Gasteiger partial charge < -0.3 is 15.5 Å². The molecule has 2 heterocycles. The van der Waals surface area contributed by atoms with E-state index < -0.39 is 12.0 Å². The van der Waals surface area contributed by atoms with Crippen molar-refractivity contribution in [1.82, 2.24) is 20.5 Å². The maximum absolute atomic E-state index is 13.5. The first-order valence-electron chi connectivity index (χ1n) is 9.15. The van der Waals surface area contributed by atoms with Crippen molar-refractivity contribution in [3.8, 4) is 0 Å². The number of likely N-dealkylation sites (N-methyl/N-ethyl adjacent to an activating group) is 1. The zero-order valence-electron chi connectivity index (χ0n) is 15.9. The summed E-state index contributed by atoms with van der Waals surface area (Å²) in [7, 11) is 3.68. The van der Waals surface area contributed by atoms with E-state index in [2.05, 4.69) is 22.5 Å². The Kier molecular flexibility index (Phi) is 5.72. The SMILES string of the molecule is C[C@@H]1CNC[C@](NC(=O)CN(C)C)(c2ccc(C(F)F)c3ncccc23)C1. The van der Waals surface area contributed by atoms with E-state index in [9.17, 15) is 13.6 Å². The number of carbonyl (C=O) groups excluding carboxylic acids is 1. The Balaban J connectivity index is 2.13. The third-order valence-electron chi connectivity index (χ3n) is 5.01. The van der Waals surface area contributed by atoms with E-state index >= 15 is 0 Å². The lowest BCUT2D eigenvalue weighted by molar-refractivity contribution is -0.124. The van der Waals surface area contributed by atoms with E-state index in [0.29, 0.717) is 23.4 Å². The molecule has 0 aliphatic carbocycles. The summed E-state index contributed by atoms with van der Waals surface area (Å²) >= 11 is 0. The van der Waals surface area contributed by atoms with Crippen LogP contribution >= 0.6 is 0 Å². The highest BCUT2D eigenvalue weighted by atomic mass is 19.3. The minimum absolute atomic E-state index is 0.0825. The van der Waals surface area contributed by atoms with Crippen LogP contribution in [-0.4, -0.2) is 49.5 Å². The smallest absolute Gasteiger partial charge is 0.265 e. The van der Waals surface area contributed by atoms with Crippen LogP contribution in [0.2, 0.25) is 0 Å². The molecule has 1 aliphatic heterocycles. The molecule has 1 aliphatic rings. The number of aromatic nitrogens is 1. The van der Waals surface area contributed by atoms with Crippen molar-refractivity contribution in [1.29, 1.82) is 0 Å². The lowest BCUT2D eigenvalue weighted by Gasteiger charge is -2.42. The number of amides is 1. The number of nitrogens with one attached hydrogen (secondary N) is 2. The normalized spacial score (nSPS) is 23.1. The Bertz CT molecular complexity index is 827. The van der Waals surface area contributed by atoms with Crippen molar-refractivity contribution in [2.45, 2.75) is 25.3 Å². The van der Waals surface area contributed by atoms with E-state index in [1.165, 1.54) is 12.3 Å². The molecule has 27 heavy (non-hydrogen) atoms. The van der Waals surface area contributed by atoms with Crippen molar-refractivity contribution in [2.75, 3.05) is 33.7 Å². The standard InChI is InChI=1S/C20H26F2N4O/c1-13-9-20(12-23-10-13,25-17(27)11-26(2)3)16-7-6-15(19(21)22)18-14(16)5-4-8-24-18/h4-8,13,19,23H,9-12H2,1-3H3,(H,25,27)/t13-,20-/m0/s1. The highest BCUT2D eigenvalue weighted by molar-refractivity contribution is 5.87. The highest BCUT2D eigenvalue weighted by Gasteiger charge is 2.39. The molecule has 1 aromatic heterocycles. The van der Waals surface area contributed by atoms with Crippen molar-refractivity contribution in [3.05, 3.63) is 41.6 Å². The zero-order chi connectivity index (χ0) is 19.6. The van der Waals surface area contributed by atoms with Gasteiger partial charge in [0, 0.05) is 23.7 Å². The van der Waals surface area contributed by atoms with E-state index in [4.69, 9.17) is 0 Å². The summed E-state index contributed by atoms with van der Waals surface area (Å²) < 4.78 is 26.9. The first kappa shape index (κ1) is 19.6. The quantitative estimate of drug-likeness (QED) is 0.843. The summed E-state index contributed by atoms with van der Waals surface area (Å²) in [6.07, 6.45) is -0.340. The number of fused-ring (bicyclic) bond motifs is 1. The molecule has 3 rings (SSSR count). The largest absolute Gasteiger partial charge is 0.344 e. The molecule has 2 N–H and O–H groups in total. The summed E-state index contributed by atoms with van der Waals surface area (Å²) in [6, 6.07) is 6.72. The first-order valence-corrected chi connectivity index (χ1v) is 9.15. The van der Waals surface area contributed by atoms with Gasteiger partial charge in [0.25, 0.3) is 6.43 Å². The second-order valence-electron chi connectivity index (χ2n) is 7.71. The second kappa shape index (κ2) is 7.86. The molecule has 0 unspecified atom stereocenters. The average molecular weight is 376 g/mol. The Morgan fingerprint density at radius 2 is 2.19 bits per heavy atom. The molecule has 0 bridgehead atoms. The number of nitrogens with zero attached hydrogens (tertiary/aromatic N) is 2. The summed E-state index contributed by atoms with van der Waals surface area (Å²) in [6.45, 7) is 3.79. The van der Waals surface area contributed by atoms with Gasteiger partial charge in [0.2, 0.25) is 5.91 Å². The van der Waals surface area contributed by atoms with Gasteiger partial charge in [0.05, 0.1) is 17.6 Å². The third-order valence-corrected chi connectivity index (χ3v) is 5.01. The number of halogens is 2. The van der Waals surface area contributed by atoms with E-state index in [0.717, 1.165) is 18.5 Å². The molecule has 1 fully saturated rings. The zero-order valence-corrected chi connectivity index (χ0v) is 15.9. The second-order valence-corrected chi connectivity index (χ2v) is 7.71. The predicted molar refractivity (Wildman–Crippen MR) is 102 cm³/mol. The Hall–Kier alpha value is -2.12. The van der Waals surface area contributed by atoms with Crippen LogP contribution in [0.3, 0.4) is 0 Å². The van der Waals surface area contributed by atoms with Gasteiger partial charge in [-0.1, -0.05) is 25.1 Å². The maximum Gasteiger partial charge on any atom is 0.265 e. The minimum atomic E-state index is -2.60. The Labute approximate surface area is 158 Å². The van der Waals surface area contributed by atoms with Crippen LogP contribution in [0, 0.1) is 5.92 Å². The number of pyridine rings is 1. The minimum Gasteiger partial charge on any atom is -0.344 e. The van der Waals surface area contributed by atoms with Gasteiger partial charge in [-0.2, -0.15) is 0 Å². The number of carbonyl (C=O) groups is 1. The number of hydrogen-bond donors (Lipinski definition) is 2. The molecule has 146 valence electrons. The van der Waals surface area contributed by atoms with Crippen LogP contribution in [-0.2, 0) is 10.3 Å². The molecule has 7 heteroatoms. The molecule has 0 spiro atoms. The van der Waals surface area contributed by atoms with Gasteiger partial charge >= 0.3 is 0 Å². The molecule has 1 aromatic carbocycles. The number of hydrogen-bond acceptors (Lipinski definition) is 4. The molecule has 5 nitrogen and oxygen atoms in total. The number of alkyl halides is 2. The van der Waals surface area contributed by atoms with Gasteiger partial charge in [-0.3, -0.25) is 9.78 Å². The van der Waals surface area contributed by atoms with Crippen LogP contribution in [0.15, 0.2) is 30.5 Å². The van der Waals surface area contributed by atoms with E-state index in [-0.39, 0.29) is 18.0 Å². The van der Waals surface area contributed by atoms with Gasteiger partial charge in [-0.15, -0.1) is 0 Å². The fourth-order valence-electron chi connectivity index (χ4n) is 4.02. The lowest BCUT2D eigenvalue weighted by atomic mass is 9.77. The first-order chi connectivity index (χ1) is 12.8. The lowest BCUT2D eigenvalue weighted by Crippen LogP contribution is -2.58. The van der Waals surface area contributed by atoms with Crippen LogP contribution < -0.4 is 10.6 Å². The monoisotopic (exact) mass is 376 g/mol. The summed E-state index contributed by atoms with van der Waals surface area (Å²) in [5.74, 6) is 0.241. The number of benzene rings is 1. The third kappa shape index (κ3) is 4.09. The molecular weight excluding hydrogens is 350 g/mol. The molecule has 1 saturated heterocycles. The fraction of sp³-hybridized carbons (Fsp3) is 0.500. The molecule has 0 saturated carbocycles. The van der Waals surface area contributed by atoms with Crippen LogP contribution in [0.4, 0.5) is 8.78 Å². The molecule has 1 amide bonds. The van der Waals surface area contributed by atoms with Crippen LogP contribution in [0.25, 0.3) is 10.9 Å². The maximum atomic E-state index is 13.5. The Morgan fingerprint density at radius 3 is 2.85 bits per heavy atom. The Morgan fingerprint density at radius 1 is 1.41 bits per heavy atom. The molecular formula is C20H26F2N4O. The van der Waals surface area contributed by atoms with E-state index in [1.54, 1.807) is 12.1 Å². The fourth-order valence-corrected chi connectivity index (χ4v) is 4.02. The molecule has 0 radical (unpaired) electrons. The van der Waals surface area contributed by atoms with Crippen LogP contribution in [0.1, 0.15) is 30.9 Å². The average Bonchev–Trinajstić information content (AvgIpc) is 2.59. The summed E-state index contributed by atoms with van der Waals surface area (Å²) in [5, 5.41) is 7.24. The number of piperidine rings is 1. The summed E-state index contributed by atoms with van der Waals surface area (Å²) in [5.41, 5.74) is 0.388. The van der Waals surface area contributed by atoms with Gasteiger partial charge in [0.15, 0.2) is 0 Å². The van der Waals surface area contributed by atoms with Gasteiger partial charge in [-0.25, -0.2) is 8.78 Å². The summed E-state index contributed by atoms with van der Waals surface area (Å²) in [4.78, 5) is 18.6. The van der Waals surface area contributed by atoms with Crippen molar-refractivity contribution in [2.24, 2.45) is 5.92 Å². The van der Waals surface area contributed by atoms with Crippen molar-refractivity contribution >= 4 is 16.8 Å². The van der Waals surface area contributed by atoms with Gasteiger partial charge in [0.1, 0.15) is 0 Å². The van der Waals surface area contributed by atoms with Crippen molar-refractivity contribution < 1.29 is 13.6 Å². The topological polar surface area (TPSA) is 57.3 Å². The molecule has 2 aromatic rings.